The minimum atomic E-state index is 0.247. The average molecular weight is 184 g/mol. The van der Waals surface area contributed by atoms with Crippen LogP contribution >= 0.6 is 0 Å². The minimum absolute atomic E-state index is 0.247. The molecule has 1 rings (SSSR count). The normalized spacial score (nSPS) is 15.8. The topological polar surface area (TPSA) is 32.3 Å². The van der Waals surface area contributed by atoms with E-state index in [0.29, 0.717) is 6.54 Å². The molecule has 0 unspecified atom stereocenters. The highest BCUT2D eigenvalue weighted by atomic mass is 16.2. The molecule has 0 atom stereocenters. The lowest BCUT2D eigenvalue weighted by Gasteiger charge is -2.20. The van der Waals surface area contributed by atoms with Crippen molar-refractivity contribution in [3.05, 3.63) is 0 Å². The van der Waals surface area contributed by atoms with Gasteiger partial charge >= 0.3 is 0 Å². The van der Waals surface area contributed by atoms with Crippen molar-refractivity contribution in [2.75, 3.05) is 26.2 Å². The zero-order valence-corrected chi connectivity index (χ0v) is 8.68. The standard InChI is InChI=1S/C10H20N2O/c1-3-11-7-10(13)12(4-2)8-9-5-6-9/h9,11H,3-8H2,1-2H3. The summed E-state index contributed by atoms with van der Waals surface area (Å²) in [5, 5.41) is 3.07. The molecule has 1 N–H and O–H groups in total. The number of likely N-dealkylation sites (N-methyl/N-ethyl adjacent to an activating group) is 2. The Morgan fingerprint density at radius 3 is 2.62 bits per heavy atom. The Morgan fingerprint density at radius 2 is 2.15 bits per heavy atom. The van der Waals surface area contributed by atoms with Crippen molar-refractivity contribution in [3.63, 3.8) is 0 Å². The van der Waals surface area contributed by atoms with Crippen molar-refractivity contribution in [1.82, 2.24) is 10.2 Å². The highest BCUT2D eigenvalue weighted by Crippen LogP contribution is 2.29. The van der Waals surface area contributed by atoms with Crippen LogP contribution in [0.25, 0.3) is 0 Å². The van der Waals surface area contributed by atoms with Crippen LogP contribution in [0.5, 0.6) is 0 Å². The van der Waals surface area contributed by atoms with Gasteiger partial charge < -0.3 is 10.2 Å². The van der Waals surface area contributed by atoms with Crippen LogP contribution in [0.4, 0.5) is 0 Å². The summed E-state index contributed by atoms with van der Waals surface area (Å²) < 4.78 is 0. The lowest BCUT2D eigenvalue weighted by Crippen LogP contribution is -2.39. The molecule has 13 heavy (non-hydrogen) atoms. The molecule has 0 aliphatic heterocycles. The predicted octanol–water partition coefficient (Wildman–Crippen LogP) is 0.854. The number of carbonyl (C=O) groups is 1. The van der Waals surface area contributed by atoms with Gasteiger partial charge in [0.1, 0.15) is 0 Å². The van der Waals surface area contributed by atoms with Crippen LogP contribution in [0.1, 0.15) is 26.7 Å². The maximum absolute atomic E-state index is 11.6. The molecule has 0 spiro atoms. The molecule has 3 heteroatoms. The van der Waals surface area contributed by atoms with Crippen LogP contribution in [0.2, 0.25) is 0 Å². The zero-order chi connectivity index (χ0) is 9.68. The highest BCUT2D eigenvalue weighted by Gasteiger charge is 2.25. The maximum atomic E-state index is 11.6. The molecule has 76 valence electrons. The van der Waals surface area contributed by atoms with Crippen molar-refractivity contribution < 1.29 is 4.79 Å². The Hall–Kier alpha value is -0.570. The predicted molar refractivity (Wildman–Crippen MR) is 53.5 cm³/mol. The van der Waals surface area contributed by atoms with Crippen molar-refractivity contribution >= 4 is 5.91 Å². The maximum Gasteiger partial charge on any atom is 0.236 e. The van der Waals surface area contributed by atoms with Gasteiger partial charge in [0.25, 0.3) is 0 Å². The number of rotatable bonds is 6. The van der Waals surface area contributed by atoms with Crippen LogP contribution < -0.4 is 5.32 Å². The molecular formula is C10H20N2O. The second-order valence-electron chi connectivity index (χ2n) is 3.66. The minimum Gasteiger partial charge on any atom is -0.342 e. The third kappa shape index (κ3) is 3.77. The number of carbonyl (C=O) groups excluding carboxylic acids is 1. The molecule has 1 fully saturated rings. The summed E-state index contributed by atoms with van der Waals surface area (Å²) in [6.07, 6.45) is 2.62. The van der Waals surface area contributed by atoms with E-state index in [1.165, 1.54) is 12.8 Å². The van der Waals surface area contributed by atoms with Gasteiger partial charge in [0.15, 0.2) is 0 Å². The molecule has 0 heterocycles. The smallest absolute Gasteiger partial charge is 0.236 e. The van der Waals surface area contributed by atoms with Crippen LogP contribution in [-0.4, -0.2) is 37.0 Å². The Bertz CT molecular complexity index is 166. The summed E-state index contributed by atoms with van der Waals surface area (Å²) in [7, 11) is 0. The summed E-state index contributed by atoms with van der Waals surface area (Å²) >= 11 is 0. The molecular weight excluding hydrogens is 164 g/mol. The van der Waals surface area contributed by atoms with Crippen molar-refractivity contribution in [2.45, 2.75) is 26.7 Å². The lowest BCUT2D eigenvalue weighted by atomic mass is 10.3. The first-order valence-corrected chi connectivity index (χ1v) is 5.26. The second-order valence-corrected chi connectivity index (χ2v) is 3.66. The van der Waals surface area contributed by atoms with Crippen LogP contribution in [0.3, 0.4) is 0 Å². The van der Waals surface area contributed by atoms with Gasteiger partial charge in [-0.15, -0.1) is 0 Å². The molecule has 1 saturated carbocycles. The summed E-state index contributed by atoms with van der Waals surface area (Å²) in [6.45, 7) is 7.25. The Labute approximate surface area is 80.5 Å². The van der Waals surface area contributed by atoms with Crippen LogP contribution in [-0.2, 0) is 4.79 Å². The SMILES string of the molecule is CCNCC(=O)N(CC)CC1CC1. The quantitative estimate of drug-likeness (QED) is 0.664. The molecule has 0 saturated heterocycles. The molecule has 0 aromatic carbocycles. The molecule has 0 bridgehead atoms. The van der Waals surface area contributed by atoms with Crippen molar-refractivity contribution in [1.29, 1.82) is 0 Å². The highest BCUT2D eigenvalue weighted by molar-refractivity contribution is 5.78. The van der Waals surface area contributed by atoms with Crippen molar-refractivity contribution in [3.8, 4) is 0 Å². The monoisotopic (exact) mass is 184 g/mol. The summed E-state index contributed by atoms with van der Waals surface area (Å²) in [5.74, 6) is 1.04. The van der Waals surface area contributed by atoms with Gasteiger partial charge in [-0.2, -0.15) is 0 Å². The van der Waals surface area contributed by atoms with E-state index in [4.69, 9.17) is 0 Å². The third-order valence-electron chi connectivity index (χ3n) is 2.44. The average Bonchev–Trinajstić information content (AvgIpc) is 2.93. The van der Waals surface area contributed by atoms with E-state index in [-0.39, 0.29) is 5.91 Å². The third-order valence-corrected chi connectivity index (χ3v) is 2.44. The number of hydrogen-bond donors (Lipinski definition) is 1. The van der Waals surface area contributed by atoms with Crippen molar-refractivity contribution in [2.24, 2.45) is 5.92 Å². The van der Waals surface area contributed by atoms with Crippen LogP contribution in [0, 0.1) is 5.92 Å². The number of nitrogens with one attached hydrogen (secondary N) is 1. The first-order valence-electron chi connectivity index (χ1n) is 5.26. The Kier molecular flexibility index (Phi) is 4.22. The summed E-state index contributed by atoms with van der Waals surface area (Å²) in [5.41, 5.74) is 0. The fourth-order valence-electron chi connectivity index (χ4n) is 1.36. The first-order chi connectivity index (χ1) is 6.27. The fraction of sp³-hybridized carbons (Fsp3) is 0.900. The first kappa shape index (κ1) is 10.5. The van der Waals surface area contributed by atoms with Gasteiger partial charge in [-0.3, -0.25) is 4.79 Å². The van der Waals surface area contributed by atoms with E-state index >= 15 is 0 Å². The van der Waals surface area contributed by atoms with E-state index in [1.807, 2.05) is 18.7 Å². The lowest BCUT2D eigenvalue weighted by molar-refractivity contribution is -0.130. The van der Waals surface area contributed by atoms with Gasteiger partial charge in [-0.05, 0) is 32.2 Å². The second kappa shape index (κ2) is 5.22. The molecule has 0 aromatic rings. The van der Waals surface area contributed by atoms with E-state index in [1.54, 1.807) is 0 Å². The largest absolute Gasteiger partial charge is 0.342 e. The van der Waals surface area contributed by atoms with Gasteiger partial charge in [0.2, 0.25) is 5.91 Å². The summed E-state index contributed by atoms with van der Waals surface area (Å²) in [6, 6.07) is 0. The number of hydrogen-bond acceptors (Lipinski definition) is 2. The zero-order valence-electron chi connectivity index (χ0n) is 8.68. The van der Waals surface area contributed by atoms with Gasteiger partial charge in [-0.1, -0.05) is 6.92 Å². The van der Waals surface area contributed by atoms with Gasteiger partial charge in [0.05, 0.1) is 6.54 Å². The Morgan fingerprint density at radius 1 is 1.46 bits per heavy atom. The van der Waals surface area contributed by atoms with Gasteiger partial charge in [-0.25, -0.2) is 0 Å². The molecule has 3 nitrogen and oxygen atoms in total. The molecule has 0 radical (unpaired) electrons. The number of nitrogens with zero attached hydrogens (tertiary/aromatic N) is 1. The fourth-order valence-corrected chi connectivity index (χ4v) is 1.36. The van der Waals surface area contributed by atoms with E-state index in [0.717, 1.165) is 25.6 Å². The van der Waals surface area contributed by atoms with E-state index in [2.05, 4.69) is 5.32 Å². The molecule has 1 aliphatic carbocycles. The van der Waals surface area contributed by atoms with E-state index < -0.39 is 0 Å². The molecule has 1 aliphatic rings. The van der Waals surface area contributed by atoms with Gasteiger partial charge in [0, 0.05) is 13.1 Å². The van der Waals surface area contributed by atoms with E-state index in [9.17, 15) is 4.79 Å². The van der Waals surface area contributed by atoms with Crippen LogP contribution in [0.15, 0.2) is 0 Å². The number of amides is 1. The molecule has 1 amide bonds. The Balaban J connectivity index is 2.21. The molecule has 0 aromatic heterocycles. The summed E-state index contributed by atoms with van der Waals surface area (Å²) in [4.78, 5) is 13.5.